The molecule has 1 aliphatic heterocycles. The van der Waals surface area contributed by atoms with Crippen molar-refractivity contribution in [1.29, 1.82) is 0 Å². The van der Waals surface area contributed by atoms with Gasteiger partial charge in [-0.05, 0) is 49.4 Å². The Hall–Kier alpha value is -3.64. The molecule has 36 heavy (non-hydrogen) atoms. The maximum Gasteiger partial charge on any atom is 0.258 e. The highest BCUT2D eigenvalue weighted by Gasteiger charge is 2.22. The van der Waals surface area contributed by atoms with Gasteiger partial charge in [0.25, 0.3) is 5.91 Å². The molecule has 6 nitrogen and oxygen atoms in total. The second kappa shape index (κ2) is 11.9. The second-order valence-electron chi connectivity index (χ2n) is 9.23. The molecule has 6 heteroatoms. The van der Waals surface area contributed by atoms with Gasteiger partial charge in [0, 0.05) is 43.0 Å². The van der Waals surface area contributed by atoms with Crippen molar-refractivity contribution in [3.05, 3.63) is 95.1 Å². The smallest absolute Gasteiger partial charge is 0.258 e. The van der Waals surface area contributed by atoms with E-state index in [0.29, 0.717) is 18.5 Å². The van der Waals surface area contributed by atoms with E-state index in [1.165, 1.54) is 0 Å². The molecule has 0 bridgehead atoms. The van der Waals surface area contributed by atoms with Crippen LogP contribution >= 0.6 is 0 Å². The van der Waals surface area contributed by atoms with Gasteiger partial charge in [-0.25, -0.2) is 0 Å². The first kappa shape index (κ1) is 25.5. The minimum absolute atomic E-state index is 0.0847. The van der Waals surface area contributed by atoms with E-state index in [0.717, 1.165) is 60.9 Å². The first-order valence-corrected chi connectivity index (χ1v) is 12.6. The lowest BCUT2D eigenvalue weighted by atomic mass is 10.1. The van der Waals surface area contributed by atoms with E-state index in [-0.39, 0.29) is 11.8 Å². The zero-order valence-corrected chi connectivity index (χ0v) is 21.4. The molecule has 2 amide bonds. The lowest BCUT2D eigenvalue weighted by Gasteiger charge is -2.34. The summed E-state index contributed by atoms with van der Waals surface area (Å²) in [6.45, 7) is 8.97. The summed E-state index contributed by atoms with van der Waals surface area (Å²) >= 11 is 0. The predicted molar refractivity (Wildman–Crippen MR) is 144 cm³/mol. The number of hydrogen-bond donors (Lipinski definition) is 0. The number of ether oxygens (including phenoxy) is 1. The van der Waals surface area contributed by atoms with Gasteiger partial charge in [-0.2, -0.15) is 0 Å². The van der Waals surface area contributed by atoms with Gasteiger partial charge in [0.05, 0.1) is 20.1 Å². The number of piperazine rings is 1. The summed E-state index contributed by atoms with van der Waals surface area (Å²) in [5.41, 5.74) is 4.38. The predicted octanol–water partition coefficient (Wildman–Crippen LogP) is 4.56. The van der Waals surface area contributed by atoms with Crippen LogP contribution in [0.1, 0.15) is 34.0 Å². The van der Waals surface area contributed by atoms with Crippen LogP contribution in [0, 0.1) is 6.92 Å². The summed E-state index contributed by atoms with van der Waals surface area (Å²) in [4.78, 5) is 32.5. The summed E-state index contributed by atoms with van der Waals surface area (Å²) in [7, 11) is 1.64. The summed E-state index contributed by atoms with van der Waals surface area (Å²) in [6, 6.07) is 23.1. The fourth-order valence-electron chi connectivity index (χ4n) is 4.53. The number of hydrogen-bond acceptors (Lipinski definition) is 4. The van der Waals surface area contributed by atoms with Crippen molar-refractivity contribution >= 4 is 17.5 Å². The van der Waals surface area contributed by atoms with Crippen LogP contribution in [-0.4, -0.2) is 61.4 Å². The number of likely N-dealkylation sites (N-methyl/N-ethyl adjacent to an activating group) is 1. The van der Waals surface area contributed by atoms with Crippen molar-refractivity contribution in [1.82, 2.24) is 9.80 Å². The maximum absolute atomic E-state index is 13.6. The van der Waals surface area contributed by atoms with Crippen LogP contribution in [-0.2, 0) is 17.8 Å². The Balaban J connectivity index is 1.53. The first-order chi connectivity index (χ1) is 17.5. The van der Waals surface area contributed by atoms with Gasteiger partial charge in [0.2, 0.25) is 5.91 Å². The monoisotopic (exact) mass is 485 g/mol. The maximum atomic E-state index is 13.6. The largest absolute Gasteiger partial charge is 0.496 e. The first-order valence-electron chi connectivity index (χ1n) is 12.6. The van der Waals surface area contributed by atoms with Gasteiger partial charge >= 0.3 is 0 Å². The molecule has 1 aliphatic rings. The summed E-state index contributed by atoms with van der Waals surface area (Å²) in [5.74, 6) is 0.809. The fraction of sp³-hybridized carbons (Fsp3) is 0.333. The van der Waals surface area contributed by atoms with Crippen molar-refractivity contribution in [3.63, 3.8) is 0 Å². The zero-order chi connectivity index (χ0) is 25.5. The molecule has 0 N–H and O–H groups in total. The molecule has 3 aromatic carbocycles. The van der Waals surface area contributed by atoms with Crippen LogP contribution in [0.5, 0.6) is 5.75 Å². The number of nitrogens with zero attached hydrogens (tertiary/aromatic N) is 3. The average molecular weight is 486 g/mol. The van der Waals surface area contributed by atoms with Crippen LogP contribution in [0.15, 0.2) is 72.8 Å². The molecule has 1 heterocycles. The number of anilines is 1. The Morgan fingerprint density at radius 2 is 1.56 bits per heavy atom. The number of benzene rings is 3. The van der Waals surface area contributed by atoms with E-state index in [9.17, 15) is 9.59 Å². The molecule has 4 rings (SSSR count). The van der Waals surface area contributed by atoms with Crippen molar-refractivity contribution in [2.24, 2.45) is 0 Å². The topological polar surface area (TPSA) is 53.1 Å². The number of rotatable bonds is 8. The lowest BCUT2D eigenvalue weighted by Crippen LogP contribution is -2.48. The molecule has 0 aliphatic carbocycles. The molecule has 0 spiro atoms. The highest BCUT2D eigenvalue weighted by atomic mass is 16.5. The van der Waals surface area contributed by atoms with Gasteiger partial charge in [0.15, 0.2) is 0 Å². The molecular formula is C30H35N3O3. The molecule has 3 aromatic rings. The van der Waals surface area contributed by atoms with Crippen LogP contribution < -0.4 is 9.64 Å². The molecule has 0 unspecified atom stereocenters. The summed E-state index contributed by atoms with van der Waals surface area (Å²) in [6.07, 6.45) is 0.366. The third-order valence-corrected chi connectivity index (χ3v) is 6.84. The van der Waals surface area contributed by atoms with Crippen molar-refractivity contribution < 1.29 is 14.3 Å². The Morgan fingerprint density at radius 3 is 2.19 bits per heavy atom. The van der Waals surface area contributed by atoms with E-state index in [2.05, 4.69) is 11.8 Å². The number of para-hydroxylation sites is 1. The molecule has 1 fully saturated rings. The molecule has 0 saturated carbocycles. The van der Waals surface area contributed by atoms with Gasteiger partial charge in [0.1, 0.15) is 5.75 Å². The fourth-order valence-corrected chi connectivity index (χ4v) is 4.53. The van der Waals surface area contributed by atoms with Crippen LogP contribution in [0.2, 0.25) is 0 Å². The number of amides is 2. The molecule has 1 saturated heterocycles. The van der Waals surface area contributed by atoms with Gasteiger partial charge in [-0.1, -0.05) is 55.0 Å². The molecule has 0 radical (unpaired) electrons. The van der Waals surface area contributed by atoms with Crippen molar-refractivity contribution in [2.45, 2.75) is 26.8 Å². The van der Waals surface area contributed by atoms with Crippen LogP contribution in [0.25, 0.3) is 0 Å². The van der Waals surface area contributed by atoms with E-state index >= 15 is 0 Å². The summed E-state index contributed by atoms with van der Waals surface area (Å²) in [5, 5.41) is 0. The van der Waals surface area contributed by atoms with E-state index in [1.807, 2.05) is 84.6 Å². The second-order valence-corrected chi connectivity index (χ2v) is 9.23. The Bertz CT molecular complexity index is 1170. The number of aryl methyl sites for hydroxylation is 1. The minimum Gasteiger partial charge on any atom is -0.496 e. The zero-order valence-electron chi connectivity index (χ0n) is 21.4. The highest BCUT2D eigenvalue weighted by molar-refractivity contribution is 6.06. The number of methoxy groups -OCH3 is 1. The van der Waals surface area contributed by atoms with Crippen LogP contribution in [0.4, 0.5) is 5.69 Å². The van der Waals surface area contributed by atoms with Gasteiger partial charge in [-0.3, -0.25) is 9.59 Å². The number of carbonyl (C=O) groups is 2. The van der Waals surface area contributed by atoms with E-state index < -0.39 is 0 Å². The molecule has 188 valence electrons. The van der Waals surface area contributed by atoms with Crippen molar-refractivity contribution in [3.8, 4) is 5.75 Å². The molecular weight excluding hydrogens is 450 g/mol. The van der Waals surface area contributed by atoms with E-state index in [4.69, 9.17) is 4.74 Å². The number of carbonyl (C=O) groups excluding carboxylic acids is 2. The highest BCUT2D eigenvalue weighted by Crippen LogP contribution is 2.26. The Morgan fingerprint density at radius 1 is 0.889 bits per heavy atom. The van der Waals surface area contributed by atoms with Gasteiger partial charge < -0.3 is 19.4 Å². The third-order valence-electron chi connectivity index (χ3n) is 6.84. The Labute approximate surface area is 214 Å². The SMILES string of the molecule is CCN1CCN(C(=O)Cc2ccc(N(Cc3ccccc3OC)C(=O)c3ccc(C)cc3)cc2)CC1. The standard InChI is InChI=1S/C30H35N3O3/c1-4-31-17-19-32(20-18-31)29(34)21-24-11-15-27(16-12-24)33(22-26-7-5-6-8-28(26)36-3)30(35)25-13-9-23(2)10-14-25/h5-16H,4,17-22H2,1-3H3. The summed E-state index contributed by atoms with van der Waals surface area (Å²) < 4.78 is 5.53. The van der Waals surface area contributed by atoms with Gasteiger partial charge in [-0.15, -0.1) is 0 Å². The normalized spacial score (nSPS) is 13.9. The molecule has 0 aromatic heterocycles. The van der Waals surface area contributed by atoms with E-state index in [1.54, 1.807) is 12.0 Å². The Kier molecular flexibility index (Phi) is 8.39. The lowest BCUT2D eigenvalue weighted by molar-refractivity contribution is -0.132. The van der Waals surface area contributed by atoms with Crippen LogP contribution in [0.3, 0.4) is 0 Å². The average Bonchev–Trinajstić information content (AvgIpc) is 2.92. The minimum atomic E-state index is -0.0847. The molecule has 0 atom stereocenters. The quantitative estimate of drug-likeness (QED) is 0.470. The van der Waals surface area contributed by atoms with Crippen molar-refractivity contribution in [2.75, 3.05) is 44.7 Å². The third kappa shape index (κ3) is 6.13.